The first-order chi connectivity index (χ1) is 18.4. The number of nitrogens with one attached hydrogen (secondary N) is 1. The Morgan fingerprint density at radius 3 is 2.61 bits per heavy atom. The van der Waals surface area contributed by atoms with Gasteiger partial charge in [0.25, 0.3) is 10.2 Å². The van der Waals surface area contributed by atoms with Gasteiger partial charge in [-0.15, -0.1) is 10.2 Å². The zero-order valence-corrected chi connectivity index (χ0v) is 22.6. The zero-order chi connectivity index (χ0) is 26.4. The van der Waals surface area contributed by atoms with E-state index in [-0.39, 0.29) is 43.7 Å². The lowest BCUT2D eigenvalue weighted by Gasteiger charge is -2.51. The van der Waals surface area contributed by atoms with E-state index in [0.717, 1.165) is 30.2 Å². The van der Waals surface area contributed by atoms with Crippen molar-refractivity contribution in [2.24, 2.45) is 5.92 Å². The summed E-state index contributed by atoms with van der Waals surface area (Å²) in [6.07, 6.45) is 4.04. The second kappa shape index (κ2) is 9.97. The molecule has 0 saturated carbocycles. The number of para-hydroxylation sites is 1. The molecule has 2 bridgehead atoms. The summed E-state index contributed by atoms with van der Waals surface area (Å²) in [5, 5.41) is 31.6. The van der Waals surface area contributed by atoms with Crippen molar-refractivity contribution < 1.29 is 13.5 Å². The van der Waals surface area contributed by atoms with Crippen LogP contribution < -0.4 is 10.2 Å². The van der Waals surface area contributed by atoms with Crippen molar-refractivity contribution in [1.82, 2.24) is 28.8 Å². The van der Waals surface area contributed by atoms with E-state index in [1.54, 1.807) is 4.31 Å². The van der Waals surface area contributed by atoms with Crippen LogP contribution in [0.2, 0.25) is 0 Å². The molecule has 14 heteroatoms. The van der Waals surface area contributed by atoms with Crippen molar-refractivity contribution >= 4 is 49.3 Å². The molecule has 5 heterocycles. The Hall–Kier alpha value is -2.96. The average Bonchev–Trinajstić information content (AvgIpc) is 3.34. The van der Waals surface area contributed by atoms with E-state index in [2.05, 4.69) is 26.5 Å². The summed E-state index contributed by atoms with van der Waals surface area (Å²) in [6.45, 7) is 0.395. The molecule has 1 aromatic carbocycles. The maximum Gasteiger partial charge on any atom is 0.282 e. The van der Waals surface area contributed by atoms with Gasteiger partial charge in [0.1, 0.15) is 10.8 Å². The van der Waals surface area contributed by atoms with Gasteiger partial charge in [-0.2, -0.15) is 27.3 Å². The molecule has 3 aliphatic rings. The third kappa shape index (κ3) is 4.48. The highest BCUT2D eigenvalue weighted by atomic mass is 32.2. The molecule has 3 atom stereocenters. The van der Waals surface area contributed by atoms with Crippen LogP contribution in [0.15, 0.2) is 24.3 Å². The topological polar surface area (TPSA) is 151 Å². The molecule has 1 unspecified atom stereocenters. The van der Waals surface area contributed by atoms with Crippen LogP contribution in [0, 0.1) is 17.2 Å². The van der Waals surface area contributed by atoms with E-state index in [0.29, 0.717) is 34.7 Å². The van der Waals surface area contributed by atoms with Crippen LogP contribution in [0.1, 0.15) is 37.1 Å². The SMILES string of the molecule is CN(c1nc(Nc2nnc(CO)s2)c2ccccc2n1)C1C[C@H]2CCC[C@@H](C1)N2S(=O)(=O)N1CC(C#N)C1. The number of aliphatic hydroxyl groups is 1. The molecule has 38 heavy (non-hydrogen) atoms. The first-order valence-electron chi connectivity index (χ1n) is 12.8. The minimum absolute atomic E-state index is 0.0801. The molecule has 6 rings (SSSR count). The highest BCUT2D eigenvalue weighted by molar-refractivity contribution is 7.86. The fourth-order valence-electron chi connectivity index (χ4n) is 5.79. The van der Waals surface area contributed by atoms with Gasteiger partial charge >= 0.3 is 0 Å². The summed E-state index contributed by atoms with van der Waals surface area (Å²) < 4.78 is 30.1. The van der Waals surface area contributed by atoms with Gasteiger partial charge in [-0.25, -0.2) is 4.98 Å². The molecular weight excluding hydrogens is 526 g/mol. The second-order valence-electron chi connectivity index (χ2n) is 10.1. The molecule has 12 nitrogen and oxygen atoms in total. The number of rotatable bonds is 7. The Morgan fingerprint density at radius 1 is 1.18 bits per heavy atom. The van der Waals surface area contributed by atoms with Gasteiger partial charge in [-0.3, -0.25) is 0 Å². The van der Waals surface area contributed by atoms with Crippen molar-refractivity contribution in [1.29, 1.82) is 5.26 Å². The number of nitrogens with zero attached hydrogens (tertiary/aromatic N) is 8. The quantitative estimate of drug-likeness (QED) is 0.444. The van der Waals surface area contributed by atoms with Gasteiger partial charge in [-0.1, -0.05) is 29.9 Å². The van der Waals surface area contributed by atoms with E-state index in [1.165, 1.54) is 15.6 Å². The Morgan fingerprint density at radius 2 is 1.92 bits per heavy atom. The van der Waals surface area contributed by atoms with Gasteiger partial charge < -0.3 is 15.3 Å². The summed E-state index contributed by atoms with van der Waals surface area (Å²) in [5.41, 5.74) is 0.781. The lowest BCUT2D eigenvalue weighted by molar-refractivity contribution is 0.0930. The zero-order valence-electron chi connectivity index (χ0n) is 20.9. The number of piperidine rings is 2. The first-order valence-corrected chi connectivity index (χ1v) is 15.0. The summed E-state index contributed by atoms with van der Waals surface area (Å²) >= 11 is 1.26. The maximum absolute atomic E-state index is 13.4. The average molecular weight is 556 g/mol. The predicted molar refractivity (Wildman–Crippen MR) is 143 cm³/mol. The molecule has 3 aromatic rings. The molecule has 3 aliphatic heterocycles. The van der Waals surface area contributed by atoms with Crippen molar-refractivity contribution in [3.05, 3.63) is 29.3 Å². The molecule has 3 fully saturated rings. The monoisotopic (exact) mass is 555 g/mol. The molecule has 2 aromatic heterocycles. The van der Waals surface area contributed by atoms with Crippen molar-refractivity contribution in [3.63, 3.8) is 0 Å². The molecule has 2 N–H and O–H groups in total. The van der Waals surface area contributed by atoms with Crippen LogP contribution in [0.4, 0.5) is 16.9 Å². The van der Waals surface area contributed by atoms with Crippen LogP contribution in [0.3, 0.4) is 0 Å². The van der Waals surface area contributed by atoms with E-state index in [4.69, 9.17) is 15.2 Å². The van der Waals surface area contributed by atoms with Crippen LogP contribution in [0.25, 0.3) is 10.9 Å². The first kappa shape index (κ1) is 25.3. The number of benzene rings is 1. The number of aliphatic hydroxyl groups excluding tert-OH is 1. The smallest absolute Gasteiger partial charge is 0.282 e. The molecule has 3 saturated heterocycles. The highest BCUT2D eigenvalue weighted by Crippen LogP contribution is 2.40. The summed E-state index contributed by atoms with van der Waals surface area (Å²) in [5.74, 6) is 0.941. The minimum Gasteiger partial charge on any atom is -0.389 e. The largest absolute Gasteiger partial charge is 0.389 e. The van der Waals surface area contributed by atoms with Gasteiger partial charge in [0.15, 0.2) is 0 Å². The number of hydrogen-bond acceptors (Lipinski definition) is 11. The van der Waals surface area contributed by atoms with Crippen LogP contribution in [0.5, 0.6) is 0 Å². The number of anilines is 3. The van der Waals surface area contributed by atoms with Gasteiger partial charge in [-0.05, 0) is 37.8 Å². The minimum atomic E-state index is -3.59. The van der Waals surface area contributed by atoms with Crippen molar-refractivity contribution in [3.8, 4) is 6.07 Å². The number of nitriles is 1. The number of aromatic nitrogens is 4. The van der Waals surface area contributed by atoms with Gasteiger partial charge in [0.05, 0.1) is 24.1 Å². The van der Waals surface area contributed by atoms with E-state index >= 15 is 0 Å². The van der Waals surface area contributed by atoms with Crippen LogP contribution >= 0.6 is 11.3 Å². The lowest BCUT2D eigenvalue weighted by Crippen LogP contribution is -2.64. The fraction of sp³-hybridized carbons (Fsp3) is 0.542. The Labute approximate surface area is 225 Å². The molecule has 0 spiro atoms. The molecule has 0 radical (unpaired) electrons. The van der Waals surface area contributed by atoms with Gasteiger partial charge in [0, 0.05) is 43.6 Å². The molecular formula is C24H29N9O3S2. The Kier molecular flexibility index (Phi) is 6.65. The third-order valence-corrected chi connectivity index (χ3v) is 10.7. The van der Waals surface area contributed by atoms with Gasteiger partial charge in [0.2, 0.25) is 11.1 Å². The van der Waals surface area contributed by atoms with Crippen molar-refractivity contribution in [2.45, 2.75) is 56.8 Å². The Bertz CT molecular complexity index is 1470. The predicted octanol–water partition coefficient (Wildman–Crippen LogP) is 2.24. The standard InChI is InChI=1S/C24H29N9O3S2/c1-31(18-9-16-5-4-6-17(10-18)33(16)38(35,36)32-12-15(11-25)13-32)23-26-20-8-3-2-7-19(20)22(27-23)28-24-30-29-21(14-34)37-24/h2-3,7-8,15-18,34H,4-6,9-10,12-14H2,1H3,(H,26,27,28,30)/t16-,17+,18?. The van der Waals surface area contributed by atoms with Crippen molar-refractivity contribution in [2.75, 3.05) is 30.4 Å². The highest BCUT2D eigenvalue weighted by Gasteiger charge is 2.50. The number of hydrogen-bond donors (Lipinski definition) is 2. The van der Waals surface area contributed by atoms with E-state index in [1.807, 2.05) is 31.3 Å². The third-order valence-electron chi connectivity index (χ3n) is 7.79. The Balaban J connectivity index is 1.26. The second-order valence-corrected chi connectivity index (χ2v) is 13.0. The normalized spacial score (nSPS) is 24.6. The molecule has 0 aliphatic carbocycles. The van der Waals surface area contributed by atoms with E-state index in [9.17, 15) is 13.5 Å². The van der Waals surface area contributed by atoms with Crippen LogP contribution in [-0.2, 0) is 16.8 Å². The maximum atomic E-state index is 13.4. The van der Waals surface area contributed by atoms with Crippen LogP contribution in [-0.4, -0.2) is 80.6 Å². The summed E-state index contributed by atoms with van der Waals surface area (Å²) in [7, 11) is -1.61. The number of fused-ring (bicyclic) bond motifs is 3. The van der Waals surface area contributed by atoms with E-state index < -0.39 is 10.2 Å². The summed E-state index contributed by atoms with van der Waals surface area (Å²) in [4.78, 5) is 11.8. The summed E-state index contributed by atoms with van der Waals surface area (Å²) in [6, 6.07) is 9.80. The molecule has 0 amide bonds. The lowest BCUT2D eigenvalue weighted by atomic mass is 9.83. The fourth-order valence-corrected chi connectivity index (χ4v) is 8.53. The molecule has 200 valence electrons.